The molecule has 5 nitrogen and oxygen atoms in total. The largest absolute Gasteiger partial charge is 0.478 e. The monoisotopic (exact) mass is 304 g/mol. The molecule has 0 unspecified atom stereocenters. The molecule has 0 fully saturated rings. The van der Waals surface area contributed by atoms with Crippen LogP contribution >= 0.6 is 11.3 Å². The summed E-state index contributed by atoms with van der Waals surface area (Å²) in [6.45, 7) is 2.34. The van der Waals surface area contributed by atoms with Crippen LogP contribution < -0.4 is 10.6 Å². The zero-order valence-electron chi connectivity index (χ0n) is 11.6. The Labute approximate surface area is 126 Å². The molecule has 0 saturated heterocycles. The van der Waals surface area contributed by atoms with E-state index in [-0.39, 0.29) is 11.6 Å². The molecule has 1 heterocycles. The van der Waals surface area contributed by atoms with Crippen molar-refractivity contribution < 1.29 is 14.7 Å². The number of carboxylic acid groups (broad SMARTS) is 1. The molecule has 1 aromatic carbocycles. The summed E-state index contributed by atoms with van der Waals surface area (Å²) in [5.74, 6) is -1.02. The fourth-order valence-electron chi connectivity index (χ4n) is 1.81. The Bertz CT molecular complexity index is 638. The maximum Gasteiger partial charge on any atom is 0.335 e. The summed E-state index contributed by atoms with van der Waals surface area (Å²) in [6, 6.07) is 6.32. The highest BCUT2D eigenvalue weighted by molar-refractivity contribution is 7.07. The number of aromatic carboxylic acids is 1. The summed E-state index contributed by atoms with van der Waals surface area (Å²) in [5, 5.41) is 18.4. The smallest absolute Gasteiger partial charge is 0.335 e. The number of rotatable bonds is 5. The van der Waals surface area contributed by atoms with E-state index in [4.69, 9.17) is 5.11 Å². The summed E-state index contributed by atoms with van der Waals surface area (Å²) >= 11 is 1.62. The standard InChI is InChI=1S/C15H16N2O3S/c1-10-2-3-12(14(18)19)8-13(10)17-15(20)16-6-4-11-5-7-21-9-11/h2-3,5,7-9H,4,6H2,1H3,(H,18,19)(H2,16,17,20). The summed E-state index contributed by atoms with van der Waals surface area (Å²) < 4.78 is 0. The quantitative estimate of drug-likeness (QED) is 0.794. The van der Waals surface area contributed by atoms with Crippen LogP contribution in [0.2, 0.25) is 0 Å². The number of aryl methyl sites for hydroxylation is 1. The molecule has 0 aliphatic carbocycles. The Kier molecular flexibility index (Phi) is 4.94. The van der Waals surface area contributed by atoms with E-state index in [2.05, 4.69) is 10.6 Å². The van der Waals surface area contributed by atoms with Gasteiger partial charge in [0.2, 0.25) is 0 Å². The van der Waals surface area contributed by atoms with Crippen molar-refractivity contribution in [2.75, 3.05) is 11.9 Å². The van der Waals surface area contributed by atoms with Crippen LogP contribution in [-0.2, 0) is 6.42 Å². The number of hydrogen-bond acceptors (Lipinski definition) is 3. The number of benzene rings is 1. The molecule has 0 saturated carbocycles. The van der Waals surface area contributed by atoms with E-state index in [0.29, 0.717) is 12.2 Å². The second-order valence-electron chi connectivity index (χ2n) is 4.60. The number of carbonyl (C=O) groups is 2. The first-order valence-electron chi connectivity index (χ1n) is 6.46. The lowest BCUT2D eigenvalue weighted by Crippen LogP contribution is -2.30. The SMILES string of the molecule is Cc1ccc(C(=O)O)cc1NC(=O)NCCc1ccsc1. The summed E-state index contributed by atoms with van der Waals surface area (Å²) in [4.78, 5) is 22.7. The molecule has 0 radical (unpaired) electrons. The molecule has 110 valence electrons. The van der Waals surface area contributed by atoms with Crippen LogP contribution in [-0.4, -0.2) is 23.7 Å². The number of nitrogens with one attached hydrogen (secondary N) is 2. The normalized spacial score (nSPS) is 10.1. The second kappa shape index (κ2) is 6.90. The predicted octanol–water partition coefficient (Wildman–Crippen LogP) is 3.12. The minimum atomic E-state index is -1.02. The predicted molar refractivity (Wildman–Crippen MR) is 83.2 cm³/mol. The van der Waals surface area contributed by atoms with Crippen molar-refractivity contribution in [3.63, 3.8) is 0 Å². The molecular formula is C15H16N2O3S. The maximum absolute atomic E-state index is 11.8. The van der Waals surface area contributed by atoms with Gasteiger partial charge in [0.05, 0.1) is 5.56 Å². The van der Waals surface area contributed by atoms with Crippen molar-refractivity contribution in [3.8, 4) is 0 Å². The average Bonchev–Trinajstić information content (AvgIpc) is 2.94. The van der Waals surface area contributed by atoms with Gasteiger partial charge in [-0.3, -0.25) is 0 Å². The molecule has 21 heavy (non-hydrogen) atoms. The third kappa shape index (κ3) is 4.32. The Hall–Kier alpha value is -2.34. The Balaban J connectivity index is 1.90. The number of carboxylic acids is 1. The van der Waals surface area contributed by atoms with Crippen LogP contribution in [0.25, 0.3) is 0 Å². The Morgan fingerprint density at radius 1 is 1.29 bits per heavy atom. The van der Waals surface area contributed by atoms with Crippen LogP contribution in [0, 0.1) is 6.92 Å². The lowest BCUT2D eigenvalue weighted by Gasteiger charge is -2.10. The summed E-state index contributed by atoms with van der Waals surface area (Å²) in [5.41, 5.74) is 2.65. The molecule has 3 N–H and O–H groups in total. The van der Waals surface area contributed by atoms with E-state index in [1.54, 1.807) is 17.4 Å². The molecule has 0 aliphatic heterocycles. The van der Waals surface area contributed by atoms with Gasteiger partial charge in [0.15, 0.2) is 0 Å². The van der Waals surface area contributed by atoms with Crippen LogP contribution in [0.5, 0.6) is 0 Å². The van der Waals surface area contributed by atoms with Crippen LogP contribution in [0.1, 0.15) is 21.5 Å². The molecule has 6 heteroatoms. The lowest BCUT2D eigenvalue weighted by molar-refractivity contribution is 0.0697. The zero-order valence-corrected chi connectivity index (χ0v) is 12.4. The van der Waals surface area contributed by atoms with Gasteiger partial charge in [-0.2, -0.15) is 11.3 Å². The number of amides is 2. The minimum Gasteiger partial charge on any atom is -0.478 e. The summed E-state index contributed by atoms with van der Waals surface area (Å²) in [6.07, 6.45) is 0.769. The van der Waals surface area contributed by atoms with E-state index < -0.39 is 5.97 Å². The van der Waals surface area contributed by atoms with E-state index in [1.165, 1.54) is 17.7 Å². The highest BCUT2D eigenvalue weighted by Gasteiger charge is 2.08. The molecule has 0 spiro atoms. The molecule has 0 aliphatic rings. The van der Waals surface area contributed by atoms with Crippen molar-refractivity contribution in [1.29, 1.82) is 0 Å². The van der Waals surface area contributed by atoms with Gasteiger partial charge in [0.1, 0.15) is 0 Å². The van der Waals surface area contributed by atoms with Gasteiger partial charge in [-0.05, 0) is 53.4 Å². The average molecular weight is 304 g/mol. The van der Waals surface area contributed by atoms with Gasteiger partial charge in [0, 0.05) is 12.2 Å². The van der Waals surface area contributed by atoms with Crippen molar-refractivity contribution in [1.82, 2.24) is 5.32 Å². The van der Waals surface area contributed by atoms with Gasteiger partial charge < -0.3 is 15.7 Å². The van der Waals surface area contributed by atoms with Crippen LogP contribution in [0.3, 0.4) is 0 Å². The van der Waals surface area contributed by atoms with Crippen LogP contribution in [0.15, 0.2) is 35.0 Å². The van der Waals surface area contributed by atoms with Gasteiger partial charge in [0.25, 0.3) is 0 Å². The first-order valence-corrected chi connectivity index (χ1v) is 7.40. The highest BCUT2D eigenvalue weighted by Crippen LogP contribution is 2.16. The summed E-state index contributed by atoms with van der Waals surface area (Å²) in [7, 11) is 0. The second-order valence-corrected chi connectivity index (χ2v) is 5.38. The number of thiophene rings is 1. The third-order valence-corrected chi connectivity index (χ3v) is 3.74. The van der Waals surface area contributed by atoms with E-state index >= 15 is 0 Å². The minimum absolute atomic E-state index is 0.147. The fourth-order valence-corrected chi connectivity index (χ4v) is 2.51. The van der Waals surface area contributed by atoms with Crippen molar-refractivity contribution in [2.24, 2.45) is 0 Å². The highest BCUT2D eigenvalue weighted by atomic mass is 32.1. The molecular weight excluding hydrogens is 288 g/mol. The first-order chi connectivity index (χ1) is 10.1. The molecule has 2 rings (SSSR count). The van der Waals surface area contributed by atoms with Crippen molar-refractivity contribution in [3.05, 3.63) is 51.7 Å². The number of anilines is 1. The maximum atomic E-state index is 11.8. The van der Waals surface area contributed by atoms with Gasteiger partial charge >= 0.3 is 12.0 Å². The third-order valence-electron chi connectivity index (χ3n) is 3.01. The lowest BCUT2D eigenvalue weighted by atomic mass is 10.1. The number of carbonyl (C=O) groups excluding carboxylic acids is 1. The van der Waals surface area contributed by atoms with E-state index in [0.717, 1.165) is 12.0 Å². The molecule has 2 amide bonds. The van der Waals surface area contributed by atoms with Gasteiger partial charge in [-0.25, -0.2) is 9.59 Å². The molecule has 0 atom stereocenters. The fraction of sp³-hybridized carbons (Fsp3) is 0.200. The van der Waals surface area contributed by atoms with Crippen molar-refractivity contribution in [2.45, 2.75) is 13.3 Å². The van der Waals surface area contributed by atoms with Gasteiger partial charge in [-0.1, -0.05) is 6.07 Å². The molecule has 2 aromatic rings. The Morgan fingerprint density at radius 3 is 2.76 bits per heavy atom. The topological polar surface area (TPSA) is 78.4 Å². The van der Waals surface area contributed by atoms with Gasteiger partial charge in [-0.15, -0.1) is 0 Å². The van der Waals surface area contributed by atoms with E-state index in [9.17, 15) is 9.59 Å². The molecule has 0 bridgehead atoms. The number of urea groups is 1. The molecule has 1 aromatic heterocycles. The zero-order chi connectivity index (χ0) is 15.2. The first kappa shape index (κ1) is 15.1. The number of hydrogen-bond donors (Lipinski definition) is 3. The van der Waals surface area contributed by atoms with E-state index in [1.807, 2.05) is 23.8 Å². The van der Waals surface area contributed by atoms with Crippen molar-refractivity contribution >= 4 is 29.0 Å². The Morgan fingerprint density at radius 2 is 2.10 bits per heavy atom. The van der Waals surface area contributed by atoms with Crippen LogP contribution in [0.4, 0.5) is 10.5 Å².